The van der Waals surface area contributed by atoms with Gasteiger partial charge >= 0.3 is 0 Å². The number of halogens is 1. The number of hydrogen-bond acceptors (Lipinski definition) is 3. The van der Waals surface area contributed by atoms with Gasteiger partial charge in [0.2, 0.25) is 11.8 Å². The van der Waals surface area contributed by atoms with Gasteiger partial charge in [-0.05, 0) is 48.9 Å². The number of benzene rings is 2. The molecule has 3 N–H and O–H groups in total. The first kappa shape index (κ1) is 18.0. The van der Waals surface area contributed by atoms with Crippen LogP contribution in [0.2, 0.25) is 0 Å². The molecule has 0 fully saturated rings. The maximum Gasteiger partial charge on any atom is 0.243 e. The molecule has 24 heavy (non-hydrogen) atoms. The van der Waals surface area contributed by atoms with Crippen molar-refractivity contribution >= 4 is 44.8 Å². The minimum absolute atomic E-state index is 0.0570. The van der Waals surface area contributed by atoms with Gasteiger partial charge in [0.1, 0.15) is 0 Å². The summed E-state index contributed by atoms with van der Waals surface area (Å²) in [7, 11) is 0. The highest BCUT2D eigenvalue weighted by molar-refractivity contribution is 9.10. The number of aryl methyl sites for hydroxylation is 1. The van der Waals surface area contributed by atoms with Gasteiger partial charge in [0.25, 0.3) is 0 Å². The van der Waals surface area contributed by atoms with E-state index in [1.165, 1.54) is 0 Å². The third-order valence-corrected chi connectivity index (χ3v) is 3.94. The fraction of sp³-hybridized carbons (Fsp3) is 0.222. The predicted octanol–water partition coefficient (Wildman–Crippen LogP) is 4.16. The van der Waals surface area contributed by atoms with Crippen LogP contribution >= 0.6 is 15.9 Å². The second-order valence-corrected chi connectivity index (χ2v) is 6.26. The van der Waals surface area contributed by atoms with Crippen molar-refractivity contribution < 1.29 is 9.59 Å². The largest absolute Gasteiger partial charge is 0.376 e. The van der Waals surface area contributed by atoms with Crippen molar-refractivity contribution in [1.82, 2.24) is 0 Å². The fourth-order valence-electron chi connectivity index (χ4n) is 2.03. The Balaban J connectivity index is 1.94. The Hall–Kier alpha value is -2.34. The van der Waals surface area contributed by atoms with Crippen LogP contribution in [0.5, 0.6) is 0 Å². The lowest BCUT2D eigenvalue weighted by Crippen LogP contribution is -2.22. The molecule has 0 aliphatic carbocycles. The molecule has 0 aliphatic heterocycles. The molecule has 2 rings (SSSR count). The number of nitrogens with one attached hydrogen (secondary N) is 3. The molecular weight excluding hydrogens is 370 g/mol. The summed E-state index contributed by atoms with van der Waals surface area (Å²) in [4.78, 5) is 23.6. The normalized spacial score (nSPS) is 10.1. The number of carbonyl (C=O) groups excluding carboxylic acids is 2. The molecule has 0 unspecified atom stereocenters. The molecule has 2 aromatic carbocycles. The van der Waals surface area contributed by atoms with Gasteiger partial charge in [0.15, 0.2) is 0 Å². The van der Waals surface area contributed by atoms with Gasteiger partial charge in [-0.3, -0.25) is 9.59 Å². The molecule has 0 aromatic heterocycles. The third kappa shape index (κ3) is 5.38. The summed E-state index contributed by atoms with van der Waals surface area (Å²) in [5.74, 6) is -0.215. The van der Waals surface area contributed by atoms with Crippen molar-refractivity contribution in [2.75, 3.05) is 22.5 Å². The van der Waals surface area contributed by atoms with E-state index in [4.69, 9.17) is 0 Å². The van der Waals surface area contributed by atoms with E-state index in [9.17, 15) is 9.59 Å². The van der Waals surface area contributed by atoms with Crippen molar-refractivity contribution in [3.63, 3.8) is 0 Å². The molecule has 0 saturated heterocycles. The van der Waals surface area contributed by atoms with Gasteiger partial charge in [-0.15, -0.1) is 0 Å². The number of carbonyl (C=O) groups is 2. The van der Waals surface area contributed by atoms with Crippen molar-refractivity contribution in [3.05, 3.63) is 52.5 Å². The smallest absolute Gasteiger partial charge is 0.243 e. The van der Waals surface area contributed by atoms with Gasteiger partial charge in [0, 0.05) is 28.0 Å². The van der Waals surface area contributed by atoms with E-state index in [1.54, 1.807) is 13.0 Å². The van der Waals surface area contributed by atoms with Gasteiger partial charge in [-0.2, -0.15) is 0 Å². The molecular formula is C18H20BrN3O2. The first-order valence-electron chi connectivity index (χ1n) is 7.67. The average Bonchev–Trinajstić information content (AvgIpc) is 2.57. The van der Waals surface area contributed by atoms with Crippen LogP contribution in [0.1, 0.15) is 18.9 Å². The lowest BCUT2D eigenvalue weighted by molar-refractivity contribution is -0.116. The molecule has 0 saturated carbocycles. The van der Waals surface area contributed by atoms with Gasteiger partial charge < -0.3 is 16.0 Å². The Bertz CT molecular complexity index is 730. The zero-order chi connectivity index (χ0) is 17.5. The summed E-state index contributed by atoms with van der Waals surface area (Å²) in [5, 5.41) is 8.70. The second-order valence-electron chi connectivity index (χ2n) is 5.34. The van der Waals surface area contributed by atoms with Crippen molar-refractivity contribution in [2.45, 2.75) is 20.3 Å². The Labute approximate surface area is 150 Å². The van der Waals surface area contributed by atoms with Crippen LogP contribution < -0.4 is 16.0 Å². The topological polar surface area (TPSA) is 70.2 Å². The number of anilines is 3. The van der Waals surface area contributed by atoms with Gasteiger partial charge in [0.05, 0.1) is 6.54 Å². The molecule has 0 aliphatic rings. The van der Waals surface area contributed by atoms with E-state index in [0.717, 1.165) is 15.7 Å². The zero-order valence-corrected chi connectivity index (χ0v) is 15.2. The van der Waals surface area contributed by atoms with Crippen LogP contribution in [0.15, 0.2) is 46.9 Å². The highest BCUT2D eigenvalue weighted by Gasteiger charge is 2.07. The fourth-order valence-corrected chi connectivity index (χ4v) is 2.29. The number of amides is 2. The number of rotatable bonds is 6. The highest BCUT2D eigenvalue weighted by atomic mass is 79.9. The van der Waals surface area contributed by atoms with Gasteiger partial charge in [-0.25, -0.2) is 0 Å². The molecule has 0 spiro atoms. The Morgan fingerprint density at radius 2 is 1.62 bits per heavy atom. The van der Waals surface area contributed by atoms with E-state index in [1.807, 2.05) is 43.3 Å². The molecule has 2 aromatic rings. The van der Waals surface area contributed by atoms with Crippen molar-refractivity contribution in [2.24, 2.45) is 0 Å². The first-order chi connectivity index (χ1) is 11.5. The van der Waals surface area contributed by atoms with Crippen LogP contribution in [0.4, 0.5) is 17.1 Å². The predicted molar refractivity (Wildman–Crippen MR) is 101 cm³/mol. The van der Waals surface area contributed by atoms with Gasteiger partial charge in [-0.1, -0.05) is 28.9 Å². The second kappa shape index (κ2) is 8.49. The van der Waals surface area contributed by atoms with Crippen molar-refractivity contribution in [3.8, 4) is 0 Å². The third-order valence-electron chi connectivity index (χ3n) is 3.41. The van der Waals surface area contributed by atoms with E-state index < -0.39 is 0 Å². The summed E-state index contributed by atoms with van der Waals surface area (Å²) in [6.07, 6.45) is 0.410. The maximum atomic E-state index is 12.1. The van der Waals surface area contributed by atoms with Crippen LogP contribution in [-0.4, -0.2) is 18.4 Å². The zero-order valence-electron chi connectivity index (χ0n) is 13.7. The molecule has 0 radical (unpaired) electrons. The summed E-state index contributed by atoms with van der Waals surface area (Å²) < 4.78 is 0.985. The summed E-state index contributed by atoms with van der Waals surface area (Å²) in [5.41, 5.74) is 3.17. The van der Waals surface area contributed by atoms with Crippen molar-refractivity contribution in [1.29, 1.82) is 0 Å². The molecule has 6 heteroatoms. The summed E-state index contributed by atoms with van der Waals surface area (Å²) >= 11 is 3.37. The molecule has 5 nitrogen and oxygen atoms in total. The molecule has 0 bridgehead atoms. The number of hydrogen-bond donors (Lipinski definition) is 3. The molecule has 126 valence electrons. The van der Waals surface area contributed by atoms with E-state index in [0.29, 0.717) is 17.8 Å². The standard InChI is InChI=1S/C18H20BrN3O2/c1-3-17(23)22-16-10-15(7-4-12(16)2)21-18(24)11-20-14-8-5-13(19)6-9-14/h4-10,20H,3,11H2,1-2H3,(H,21,24)(H,22,23). The lowest BCUT2D eigenvalue weighted by atomic mass is 10.1. The summed E-state index contributed by atoms with van der Waals surface area (Å²) in [6.45, 7) is 3.86. The van der Waals surface area contributed by atoms with Crippen LogP contribution in [0, 0.1) is 6.92 Å². The summed E-state index contributed by atoms with van der Waals surface area (Å²) in [6, 6.07) is 13.0. The van der Waals surface area contributed by atoms with E-state index in [-0.39, 0.29) is 18.4 Å². The molecule has 2 amide bonds. The first-order valence-corrected chi connectivity index (χ1v) is 8.47. The lowest BCUT2D eigenvalue weighted by Gasteiger charge is -2.12. The maximum absolute atomic E-state index is 12.1. The Morgan fingerprint density at radius 3 is 2.29 bits per heavy atom. The Morgan fingerprint density at radius 1 is 0.958 bits per heavy atom. The molecule has 0 atom stereocenters. The Kier molecular flexibility index (Phi) is 6.37. The SMILES string of the molecule is CCC(=O)Nc1cc(NC(=O)CNc2ccc(Br)cc2)ccc1C. The van der Waals surface area contributed by atoms with Crippen LogP contribution in [0.25, 0.3) is 0 Å². The highest BCUT2D eigenvalue weighted by Crippen LogP contribution is 2.20. The quantitative estimate of drug-likeness (QED) is 0.694. The minimum Gasteiger partial charge on any atom is -0.376 e. The van der Waals surface area contributed by atoms with Crippen LogP contribution in [-0.2, 0) is 9.59 Å². The van der Waals surface area contributed by atoms with Crippen LogP contribution in [0.3, 0.4) is 0 Å². The monoisotopic (exact) mass is 389 g/mol. The van der Waals surface area contributed by atoms with E-state index in [2.05, 4.69) is 31.9 Å². The van der Waals surface area contributed by atoms with E-state index >= 15 is 0 Å². The molecule has 0 heterocycles. The minimum atomic E-state index is -0.158. The average molecular weight is 390 g/mol.